The van der Waals surface area contributed by atoms with E-state index < -0.39 is 0 Å². The van der Waals surface area contributed by atoms with Gasteiger partial charge >= 0.3 is 0 Å². The van der Waals surface area contributed by atoms with Gasteiger partial charge in [-0.2, -0.15) is 0 Å². The molecule has 0 aromatic heterocycles. The summed E-state index contributed by atoms with van der Waals surface area (Å²) in [6.07, 6.45) is 6.41. The van der Waals surface area contributed by atoms with Crippen molar-refractivity contribution in [3.63, 3.8) is 0 Å². The van der Waals surface area contributed by atoms with Crippen LogP contribution in [0.3, 0.4) is 0 Å². The van der Waals surface area contributed by atoms with E-state index >= 15 is 0 Å². The smallest absolute Gasteiger partial charge is 0.125 e. The highest BCUT2D eigenvalue weighted by Gasteiger charge is 2.24. The van der Waals surface area contributed by atoms with Crippen LogP contribution < -0.4 is 10.5 Å². The maximum atomic E-state index is 6.37. The van der Waals surface area contributed by atoms with Crippen LogP contribution in [0.2, 0.25) is 5.02 Å². The summed E-state index contributed by atoms with van der Waals surface area (Å²) in [7, 11) is 1.67. The van der Waals surface area contributed by atoms with Gasteiger partial charge in [0.1, 0.15) is 5.75 Å². The largest absolute Gasteiger partial charge is 0.496 e. The third-order valence-corrected chi connectivity index (χ3v) is 3.95. The van der Waals surface area contributed by atoms with Crippen molar-refractivity contribution in [2.45, 2.75) is 38.1 Å². The average molecular weight is 254 g/mol. The Kier molecular flexibility index (Phi) is 4.30. The summed E-state index contributed by atoms with van der Waals surface area (Å²) in [6, 6.07) is 5.81. The molecule has 1 atom stereocenters. The molecular weight excluding hydrogens is 234 g/mol. The molecule has 0 bridgehead atoms. The van der Waals surface area contributed by atoms with Crippen molar-refractivity contribution in [2.75, 3.05) is 7.11 Å². The van der Waals surface area contributed by atoms with Crippen molar-refractivity contribution in [3.05, 3.63) is 28.8 Å². The third kappa shape index (κ3) is 2.93. The van der Waals surface area contributed by atoms with Crippen LogP contribution in [0, 0.1) is 5.92 Å². The molecule has 0 heterocycles. The Morgan fingerprint density at radius 2 is 2.00 bits per heavy atom. The van der Waals surface area contributed by atoms with Crippen molar-refractivity contribution in [3.8, 4) is 5.75 Å². The molecule has 2 N–H and O–H groups in total. The monoisotopic (exact) mass is 253 g/mol. The molecule has 2 nitrogen and oxygen atoms in total. The van der Waals surface area contributed by atoms with Gasteiger partial charge in [0.2, 0.25) is 0 Å². The summed E-state index contributed by atoms with van der Waals surface area (Å²) in [6.45, 7) is 0. The highest BCUT2D eigenvalue weighted by atomic mass is 35.5. The number of rotatable bonds is 3. The summed E-state index contributed by atoms with van der Waals surface area (Å²) < 4.78 is 5.37. The Bertz CT molecular complexity index is 374. The molecule has 1 aromatic carbocycles. The fraction of sp³-hybridized carbons (Fsp3) is 0.571. The van der Waals surface area contributed by atoms with Gasteiger partial charge in [-0.15, -0.1) is 0 Å². The number of hydrogen-bond donors (Lipinski definition) is 1. The highest BCUT2D eigenvalue weighted by Crippen LogP contribution is 2.37. The van der Waals surface area contributed by atoms with E-state index in [-0.39, 0.29) is 6.04 Å². The SMILES string of the molecule is COc1cc(Cl)ccc1C(N)C1CCCCC1. The van der Waals surface area contributed by atoms with Crippen LogP contribution in [-0.4, -0.2) is 7.11 Å². The molecule has 0 radical (unpaired) electrons. The van der Waals surface area contributed by atoms with E-state index in [0.29, 0.717) is 10.9 Å². The molecule has 0 aliphatic heterocycles. The van der Waals surface area contributed by atoms with Gasteiger partial charge in [0.25, 0.3) is 0 Å². The van der Waals surface area contributed by atoms with Gasteiger partial charge in [-0.25, -0.2) is 0 Å². The fourth-order valence-electron chi connectivity index (χ4n) is 2.71. The first kappa shape index (κ1) is 12.7. The lowest BCUT2D eigenvalue weighted by atomic mass is 9.81. The lowest BCUT2D eigenvalue weighted by molar-refractivity contribution is 0.301. The van der Waals surface area contributed by atoms with Crippen LogP contribution >= 0.6 is 11.6 Å². The topological polar surface area (TPSA) is 35.2 Å². The Labute approximate surface area is 108 Å². The maximum Gasteiger partial charge on any atom is 0.125 e. The molecule has 0 saturated heterocycles. The second kappa shape index (κ2) is 5.74. The second-order valence-corrected chi connectivity index (χ2v) is 5.25. The minimum atomic E-state index is 0.0718. The van der Waals surface area contributed by atoms with Gasteiger partial charge in [0, 0.05) is 16.6 Å². The standard InChI is InChI=1S/C14H20ClNO/c1-17-13-9-11(15)7-8-12(13)14(16)10-5-3-2-4-6-10/h7-10,14H,2-6,16H2,1H3. The summed E-state index contributed by atoms with van der Waals surface area (Å²) in [4.78, 5) is 0. The molecule has 94 valence electrons. The Morgan fingerprint density at radius 1 is 1.29 bits per heavy atom. The first-order valence-corrected chi connectivity index (χ1v) is 6.69. The van der Waals surface area contributed by atoms with E-state index in [1.165, 1.54) is 32.1 Å². The molecule has 1 aliphatic carbocycles. The third-order valence-electron chi connectivity index (χ3n) is 3.71. The van der Waals surface area contributed by atoms with E-state index in [0.717, 1.165) is 11.3 Å². The van der Waals surface area contributed by atoms with Gasteiger partial charge in [-0.05, 0) is 30.9 Å². The zero-order valence-electron chi connectivity index (χ0n) is 10.3. The van der Waals surface area contributed by atoms with E-state index in [2.05, 4.69) is 0 Å². The summed E-state index contributed by atoms with van der Waals surface area (Å²) in [5.74, 6) is 1.40. The van der Waals surface area contributed by atoms with E-state index in [4.69, 9.17) is 22.1 Å². The van der Waals surface area contributed by atoms with Crippen LogP contribution in [0.5, 0.6) is 5.75 Å². The van der Waals surface area contributed by atoms with Crippen molar-refractivity contribution < 1.29 is 4.74 Å². The van der Waals surface area contributed by atoms with Gasteiger partial charge in [-0.1, -0.05) is 36.9 Å². The lowest BCUT2D eigenvalue weighted by Gasteiger charge is -2.28. The van der Waals surface area contributed by atoms with Crippen molar-refractivity contribution >= 4 is 11.6 Å². The molecule has 1 aliphatic rings. The summed E-state index contributed by atoms with van der Waals surface area (Å²) >= 11 is 5.97. The van der Waals surface area contributed by atoms with E-state index in [1.807, 2.05) is 18.2 Å². The van der Waals surface area contributed by atoms with Gasteiger partial charge in [-0.3, -0.25) is 0 Å². The van der Waals surface area contributed by atoms with Gasteiger partial charge in [0.05, 0.1) is 7.11 Å². The van der Waals surface area contributed by atoms with E-state index in [1.54, 1.807) is 7.11 Å². The van der Waals surface area contributed by atoms with Crippen LogP contribution in [-0.2, 0) is 0 Å². The predicted octanol–water partition coefficient (Wildman–Crippen LogP) is 3.93. The first-order chi connectivity index (χ1) is 8.22. The van der Waals surface area contributed by atoms with Crippen LogP contribution in [0.4, 0.5) is 0 Å². The molecule has 0 spiro atoms. The fourth-order valence-corrected chi connectivity index (χ4v) is 2.87. The Morgan fingerprint density at radius 3 is 2.65 bits per heavy atom. The number of halogens is 1. The normalized spacial score (nSPS) is 19.0. The molecule has 1 aromatic rings. The number of methoxy groups -OCH3 is 1. The van der Waals surface area contributed by atoms with Crippen molar-refractivity contribution in [1.82, 2.24) is 0 Å². The van der Waals surface area contributed by atoms with E-state index in [9.17, 15) is 0 Å². The molecular formula is C14H20ClNO. The minimum absolute atomic E-state index is 0.0718. The summed E-state index contributed by atoms with van der Waals surface area (Å²) in [5, 5.41) is 0.696. The molecule has 3 heteroatoms. The second-order valence-electron chi connectivity index (χ2n) is 4.81. The molecule has 1 fully saturated rings. The van der Waals surface area contributed by atoms with Crippen molar-refractivity contribution in [1.29, 1.82) is 0 Å². The molecule has 1 saturated carbocycles. The molecule has 1 unspecified atom stereocenters. The van der Waals surface area contributed by atoms with Crippen LogP contribution in [0.25, 0.3) is 0 Å². The lowest BCUT2D eigenvalue weighted by Crippen LogP contribution is -2.24. The number of benzene rings is 1. The number of hydrogen-bond acceptors (Lipinski definition) is 2. The number of ether oxygens (including phenoxy) is 1. The molecule has 2 rings (SSSR count). The molecule has 17 heavy (non-hydrogen) atoms. The summed E-state index contributed by atoms with van der Waals surface area (Å²) in [5.41, 5.74) is 7.46. The first-order valence-electron chi connectivity index (χ1n) is 6.31. The minimum Gasteiger partial charge on any atom is -0.496 e. The van der Waals surface area contributed by atoms with Crippen LogP contribution in [0.15, 0.2) is 18.2 Å². The van der Waals surface area contributed by atoms with Gasteiger partial charge < -0.3 is 10.5 Å². The zero-order valence-corrected chi connectivity index (χ0v) is 11.0. The quantitative estimate of drug-likeness (QED) is 0.886. The predicted molar refractivity (Wildman–Crippen MR) is 71.5 cm³/mol. The Hall–Kier alpha value is -0.730. The average Bonchev–Trinajstić information content (AvgIpc) is 2.39. The van der Waals surface area contributed by atoms with Crippen molar-refractivity contribution in [2.24, 2.45) is 11.7 Å². The Balaban J connectivity index is 2.19. The van der Waals surface area contributed by atoms with Gasteiger partial charge in [0.15, 0.2) is 0 Å². The highest BCUT2D eigenvalue weighted by molar-refractivity contribution is 6.30. The maximum absolute atomic E-state index is 6.37. The zero-order chi connectivity index (χ0) is 12.3. The van der Waals surface area contributed by atoms with Crippen LogP contribution in [0.1, 0.15) is 43.7 Å². The number of nitrogens with two attached hydrogens (primary N) is 1. The molecule has 0 amide bonds.